The molecule has 0 unspecified atom stereocenters. The van der Waals surface area contributed by atoms with E-state index in [1.807, 2.05) is 0 Å². The first-order chi connectivity index (χ1) is 9.29. The Bertz CT molecular complexity index is 368. The molecule has 1 saturated heterocycles. The molecule has 1 aromatic heterocycles. The average molecular weight is 266 g/mol. The fourth-order valence-corrected chi connectivity index (χ4v) is 2.42. The molecule has 4 heteroatoms. The molecule has 0 spiro atoms. The van der Waals surface area contributed by atoms with Gasteiger partial charge in [0.1, 0.15) is 11.5 Å². The summed E-state index contributed by atoms with van der Waals surface area (Å²) in [6.45, 7) is 11.0. The van der Waals surface area contributed by atoms with Gasteiger partial charge in [0.25, 0.3) is 0 Å². The maximum atomic E-state index is 5.81. The Morgan fingerprint density at radius 3 is 3.05 bits per heavy atom. The Labute approximate surface area is 116 Å². The molecular weight excluding hydrogens is 240 g/mol. The second kappa shape index (κ2) is 7.68. The maximum absolute atomic E-state index is 5.81. The molecule has 1 aliphatic rings. The van der Waals surface area contributed by atoms with Crippen molar-refractivity contribution in [3.8, 4) is 0 Å². The Kier molecular flexibility index (Phi) is 5.89. The van der Waals surface area contributed by atoms with Gasteiger partial charge in [-0.25, -0.2) is 0 Å². The summed E-state index contributed by atoms with van der Waals surface area (Å²) in [6, 6.07) is 2.20. The molecule has 2 heterocycles. The van der Waals surface area contributed by atoms with Crippen molar-refractivity contribution in [2.75, 3.05) is 32.8 Å². The van der Waals surface area contributed by atoms with E-state index in [-0.39, 0.29) is 0 Å². The minimum Gasteiger partial charge on any atom is -0.465 e. The van der Waals surface area contributed by atoms with E-state index in [0.29, 0.717) is 0 Å². The van der Waals surface area contributed by atoms with Gasteiger partial charge in [0.05, 0.1) is 13.2 Å². The fraction of sp³-hybridized carbons (Fsp3) is 0.733. The van der Waals surface area contributed by atoms with Crippen LogP contribution in [0, 0.1) is 6.92 Å². The summed E-state index contributed by atoms with van der Waals surface area (Å²) in [7, 11) is 0. The number of hydrogen-bond donors (Lipinski definition) is 1. The van der Waals surface area contributed by atoms with Crippen LogP contribution < -0.4 is 5.32 Å². The molecule has 19 heavy (non-hydrogen) atoms. The third-order valence-electron chi connectivity index (χ3n) is 3.51. The number of rotatable bonds is 6. The Hall–Kier alpha value is -0.840. The van der Waals surface area contributed by atoms with Crippen molar-refractivity contribution < 1.29 is 9.15 Å². The van der Waals surface area contributed by atoms with E-state index in [2.05, 4.69) is 30.1 Å². The van der Waals surface area contributed by atoms with Gasteiger partial charge in [-0.3, -0.25) is 4.90 Å². The molecule has 1 N–H and O–H groups in total. The predicted molar refractivity (Wildman–Crippen MR) is 76.2 cm³/mol. The summed E-state index contributed by atoms with van der Waals surface area (Å²) in [6.07, 6.45) is 2.28. The van der Waals surface area contributed by atoms with Crippen LogP contribution in [0.3, 0.4) is 0 Å². The Morgan fingerprint density at radius 1 is 1.32 bits per heavy atom. The lowest BCUT2D eigenvalue weighted by Crippen LogP contribution is -2.25. The van der Waals surface area contributed by atoms with Crippen molar-refractivity contribution in [2.24, 2.45) is 0 Å². The number of hydrogen-bond acceptors (Lipinski definition) is 4. The van der Waals surface area contributed by atoms with Gasteiger partial charge in [-0.1, -0.05) is 6.92 Å². The Morgan fingerprint density at radius 2 is 2.21 bits per heavy atom. The van der Waals surface area contributed by atoms with Crippen LogP contribution in [0.4, 0.5) is 0 Å². The molecule has 2 rings (SSSR count). The van der Waals surface area contributed by atoms with E-state index in [0.717, 1.165) is 70.3 Å². The van der Waals surface area contributed by atoms with Crippen LogP contribution in [0.1, 0.15) is 36.8 Å². The number of nitrogens with one attached hydrogen (secondary N) is 1. The van der Waals surface area contributed by atoms with E-state index in [9.17, 15) is 0 Å². The van der Waals surface area contributed by atoms with Crippen LogP contribution in [0.25, 0.3) is 0 Å². The van der Waals surface area contributed by atoms with E-state index in [1.165, 1.54) is 5.56 Å². The van der Waals surface area contributed by atoms with Gasteiger partial charge >= 0.3 is 0 Å². The fourth-order valence-electron chi connectivity index (χ4n) is 2.42. The summed E-state index contributed by atoms with van der Waals surface area (Å²) in [5, 5.41) is 3.38. The molecule has 1 fully saturated rings. The molecule has 0 bridgehead atoms. The lowest BCUT2D eigenvalue weighted by Gasteiger charge is -2.18. The minimum atomic E-state index is 0.831. The first-order valence-corrected chi connectivity index (χ1v) is 7.38. The zero-order chi connectivity index (χ0) is 13.5. The standard InChI is InChI=1S/C15H26N2O2/c1-3-5-16-11-15-10-14(13(2)19-15)12-17-6-4-8-18-9-7-17/h10,16H,3-9,11-12H2,1-2H3. The van der Waals surface area contributed by atoms with Gasteiger partial charge in [0.2, 0.25) is 0 Å². The van der Waals surface area contributed by atoms with E-state index >= 15 is 0 Å². The van der Waals surface area contributed by atoms with Crippen molar-refractivity contribution in [1.82, 2.24) is 10.2 Å². The van der Waals surface area contributed by atoms with Crippen LogP contribution in [0.2, 0.25) is 0 Å². The van der Waals surface area contributed by atoms with Crippen LogP contribution >= 0.6 is 0 Å². The summed E-state index contributed by atoms with van der Waals surface area (Å²) < 4.78 is 11.3. The zero-order valence-electron chi connectivity index (χ0n) is 12.2. The van der Waals surface area contributed by atoms with Crippen molar-refractivity contribution in [1.29, 1.82) is 0 Å². The van der Waals surface area contributed by atoms with Gasteiger partial charge in [0.15, 0.2) is 0 Å². The second-order valence-corrected chi connectivity index (χ2v) is 5.21. The van der Waals surface area contributed by atoms with Gasteiger partial charge in [0, 0.05) is 31.8 Å². The van der Waals surface area contributed by atoms with Crippen LogP contribution in [-0.4, -0.2) is 37.7 Å². The van der Waals surface area contributed by atoms with Crippen molar-refractivity contribution >= 4 is 0 Å². The van der Waals surface area contributed by atoms with Gasteiger partial charge in [-0.15, -0.1) is 0 Å². The monoisotopic (exact) mass is 266 g/mol. The molecule has 4 nitrogen and oxygen atoms in total. The largest absolute Gasteiger partial charge is 0.465 e. The van der Waals surface area contributed by atoms with Crippen LogP contribution in [0.5, 0.6) is 0 Å². The smallest absolute Gasteiger partial charge is 0.118 e. The highest BCUT2D eigenvalue weighted by atomic mass is 16.5. The summed E-state index contributed by atoms with van der Waals surface area (Å²) in [5.41, 5.74) is 1.31. The van der Waals surface area contributed by atoms with Gasteiger partial charge in [-0.2, -0.15) is 0 Å². The number of furan rings is 1. The van der Waals surface area contributed by atoms with E-state index in [4.69, 9.17) is 9.15 Å². The quantitative estimate of drug-likeness (QED) is 0.802. The Balaban J connectivity index is 1.88. The van der Waals surface area contributed by atoms with E-state index in [1.54, 1.807) is 0 Å². The first kappa shape index (κ1) is 14.6. The molecule has 1 aliphatic heterocycles. The van der Waals surface area contributed by atoms with Gasteiger partial charge < -0.3 is 14.5 Å². The second-order valence-electron chi connectivity index (χ2n) is 5.21. The first-order valence-electron chi connectivity index (χ1n) is 7.38. The normalized spacial score (nSPS) is 17.6. The van der Waals surface area contributed by atoms with Gasteiger partial charge in [-0.05, 0) is 32.4 Å². The molecule has 0 aliphatic carbocycles. The third kappa shape index (κ3) is 4.64. The van der Waals surface area contributed by atoms with Crippen LogP contribution in [0.15, 0.2) is 10.5 Å². The summed E-state index contributed by atoms with van der Waals surface area (Å²) in [5.74, 6) is 2.10. The zero-order valence-corrected chi connectivity index (χ0v) is 12.2. The minimum absolute atomic E-state index is 0.831. The topological polar surface area (TPSA) is 37.6 Å². The van der Waals surface area contributed by atoms with Crippen molar-refractivity contribution in [3.05, 3.63) is 23.2 Å². The molecule has 0 atom stereocenters. The third-order valence-corrected chi connectivity index (χ3v) is 3.51. The summed E-state index contributed by atoms with van der Waals surface area (Å²) >= 11 is 0. The van der Waals surface area contributed by atoms with E-state index < -0.39 is 0 Å². The highest BCUT2D eigenvalue weighted by molar-refractivity contribution is 5.20. The predicted octanol–water partition coefficient (Wildman–Crippen LogP) is 2.31. The molecule has 1 aromatic rings. The number of ether oxygens (including phenoxy) is 1. The van der Waals surface area contributed by atoms with Crippen molar-refractivity contribution in [2.45, 2.75) is 39.8 Å². The highest BCUT2D eigenvalue weighted by Gasteiger charge is 2.13. The lowest BCUT2D eigenvalue weighted by molar-refractivity contribution is 0.140. The maximum Gasteiger partial charge on any atom is 0.118 e. The van der Waals surface area contributed by atoms with Crippen LogP contribution in [-0.2, 0) is 17.8 Å². The van der Waals surface area contributed by atoms with Crippen molar-refractivity contribution in [3.63, 3.8) is 0 Å². The molecule has 0 radical (unpaired) electrons. The molecule has 108 valence electrons. The molecule has 0 saturated carbocycles. The summed E-state index contributed by atoms with van der Waals surface area (Å²) in [4.78, 5) is 2.45. The molecule has 0 amide bonds. The average Bonchev–Trinajstić information content (AvgIpc) is 2.61. The number of aryl methyl sites for hydroxylation is 1. The molecule has 0 aromatic carbocycles. The SMILES string of the molecule is CCCNCc1cc(CN2CCCOCC2)c(C)o1. The highest BCUT2D eigenvalue weighted by Crippen LogP contribution is 2.17. The molecular formula is C15H26N2O2. The lowest BCUT2D eigenvalue weighted by atomic mass is 10.2. The number of nitrogens with zero attached hydrogens (tertiary/aromatic N) is 1.